The van der Waals surface area contributed by atoms with Crippen molar-refractivity contribution in [1.29, 1.82) is 0 Å². The van der Waals surface area contributed by atoms with Gasteiger partial charge in [0, 0.05) is 0 Å². The molecule has 0 saturated heterocycles. The predicted octanol–water partition coefficient (Wildman–Crippen LogP) is 4.45. The topological polar surface area (TPSA) is 29.5 Å². The van der Waals surface area contributed by atoms with E-state index in [1.54, 1.807) is 0 Å². The minimum absolute atomic E-state index is 0.0802. The minimum atomic E-state index is -0.0802. The molecular formula is C17H32O2. The Morgan fingerprint density at radius 1 is 1.00 bits per heavy atom. The molecule has 0 aromatic rings. The first kappa shape index (κ1) is 15.3. The van der Waals surface area contributed by atoms with E-state index in [4.69, 9.17) is 4.74 Å². The molecule has 0 aliphatic heterocycles. The summed E-state index contributed by atoms with van der Waals surface area (Å²) in [5.74, 6) is 0.698. The van der Waals surface area contributed by atoms with Gasteiger partial charge < -0.3 is 9.84 Å². The van der Waals surface area contributed by atoms with Crippen LogP contribution in [0.15, 0.2) is 0 Å². The SMILES string of the molecule is CCCC(O)CC1CCCC(OC2CCCCC2)C1. The second-order valence-electron chi connectivity index (χ2n) is 6.73. The quantitative estimate of drug-likeness (QED) is 0.771. The highest BCUT2D eigenvalue weighted by atomic mass is 16.5. The molecule has 0 aromatic heterocycles. The molecule has 2 fully saturated rings. The van der Waals surface area contributed by atoms with Crippen LogP contribution in [-0.4, -0.2) is 23.4 Å². The number of hydrogen-bond donors (Lipinski definition) is 1. The fraction of sp³-hybridized carbons (Fsp3) is 1.00. The van der Waals surface area contributed by atoms with Crippen molar-refractivity contribution >= 4 is 0 Å². The van der Waals surface area contributed by atoms with Crippen LogP contribution < -0.4 is 0 Å². The van der Waals surface area contributed by atoms with Crippen molar-refractivity contribution in [2.24, 2.45) is 5.92 Å². The summed E-state index contributed by atoms with van der Waals surface area (Å²) in [5.41, 5.74) is 0. The molecule has 0 radical (unpaired) electrons. The molecule has 0 heterocycles. The van der Waals surface area contributed by atoms with Crippen LogP contribution in [0.4, 0.5) is 0 Å². The van der Waals surface area contributed by atoms with Gasteiger partial charge in [-0.2, -0.15) is 0 Å². The molecular weight excluding hydrogens is 236 g/mol. The van der Waals surface area contributed by atoms with Crippen molar-refractivity contribution in [2.45, 2.75) is 102 Å². The molecule has 19 heavy (non-hydrogen) atoms. The van der Waals surface area contributed by atoms with Gasteiger partial charge in [0.15, 0.2) is 0 Å². The van der Waals surface area contributed by atoms with Gasteiger partial charge in [-0.05, 0) is 44.4 Å². The third-order valence-electron chi connectivity index (χ3n) is 4.90. The number of rotatable bonds is 6. The van der Waals surface area contributed by atoms with Crippen LogP contribution in [0.5, 0.6) is 0 Å². The van der Waals surface area contributed by atoms with E-state index in [2.05, 4.69) is 6.92 Å². The smallest absolute Gasteiger partial charge is 0.0581 e. The van der Waals surface area contributed by atoms with Crippen molar-refractivity contribution in [3.05, 3.63) is 0 Å². The highest BCUT2D eigenvalue weighted by molar-refractivity contribution is 4.77. The third-order valence-corrected chi connectivity index (χ3v) is 4.90. The van der Waals surface area contributed by atoms with E-state index >= 15 is 0 Å². The fourth-order valence-electron chi connectivity index (χ4n) is 3.89. The van der Waals surface area contributed by atoms with Gasteiger partial charge in [-0.15, -0.1) is 0 Å². The maximum Gasteiger partial charge on any atom is 0.0581 e. The molecule has 0 spiro atoms. The van der Waals surface area contributed by atoms with Gasteiger partial charge in [-0.25, -0.2) is 0 Å². The molecule has 2 rings (SSSR count). The molecule has 2 aliphatic carbocycles. The Bertz CT molecular complexity index is 235. The van der Waals surface area contributed by atoms with Gasteiger partial charge in [0.05, 0.1) is 18.3 Å². The van der Waals surface area contributed by atoms with E-state index in [0.717, 1.165) is 19.3 Å². The monoisotopic (exact) mass is 268 g/mol. The van der Waals surface area contributed by atoms with Crippen LogP contribution in [0.2, 0.25) is 0 Å². The minimum Gasteiger partial charge on any atom is -0.393 e. The molecule has 0 amide bonds. The lowest BCUT2D eigenvalue weighted by atomic mass is 9.83. The molecule has 1 N–H and O–H groups in total. The Morgan fingerprint density at radius 3 is 2.47 bits per heavy atom. The van der Waals surface area contributed by atoms with Crippen molar-refractivity contribution in [3.63, 3.8) is 0 Å². The lowest BCUT2D eigenvalue weighted by Gasteiger charge is -2.34. The highest BCUT2D eigenvalue weighted by Crippen LogP contribution is 2.32. The molecule has 2 saturated carbocycles. The zero-order chi connectivity index (χ0) is 13.5. The Kier molecular flexibility index (Phi) is 6.66. The maximum absolute atomic E-state index is 9.97. The molecule has 2 aliphatic rings. The van der Waals surface area contributed by atoms with Crippen molar-refractivity contribution in [1.82, 2.24) is 0 Å². The standard InChI is InChI=1S/C17H32O2/c1-2-7-15(18)12-14-8-6-11-17(13-14)19-16-9-4-3-5-10-16/h14-18H,2-13H2,1H3. The van der Waals surface area contributed by atoms with E-state index in [0.29, 0.717) is 18.1 Å². The first-order valence-electron chi connectivity index (χ1n) is 8.61. The number of hydrogen-bond acceptors (Lipinski definition) is 2. The van der Waals surface area contributed by atoms with Crippen molar-refractivity contribution in [2.75, 3.05) is 0 Å². The average molecular weight is 268 g/mol. The normalized spacial score (nSPS) is 31.3. The largest absolute Gasteiger partial charge is 0.393 e. The van der Waals surface area contributed by atoms with E-state index in [-0.39, 0.29) is 6.10 Å². The Hall–Kier alpha value is -0.0800. The maximum atomic E-state index is 9.97. The Labute approximate surface area is 118 Å². The summed E-state index contributed by atoms with van der Waals surface area (Å²) in [6, 6.07) is 0. The summed E-state index contributed by atoms with van der Waals surface area (Å²) in [5, 5.41) is 9.97. The summed E-state index contributed by atoms with van der Waals surface area (Å²) in [6.45, 7) is 2.15. The van der Waals surface area contributed by atoms with Crippen molar-refractivity contribution < 1.29 is 9.84 Å². The molecule has 2 heteroatoms. The molecule has 3 atom stereocenters. The molecule has 112 valence electrons. The summed E-state index contributed by atoms with van der Waals surface area (Å²) in [4.78, 5) is 0. The number of ether oxygens (including phenoxy) is 1. The van der Waals surface area contributed by atoms with E-state index < -0.39 is 0 Å². The van der Waals surface area contributed by atoms with E-state index in [9.17, 15) is 5.11 Å². The molecule has 3 unspecified atom stereocenters. The van der Waals surface area contributed by atoms with Crippen LogP contribution in [0.3, 0.4) is 0 Å². The average Bonchev–Trinajstić information content (AvgIpc) is 2.40. The number of aliphatic hydroxyl groups is 1. The van der Waals surface area contributed by atoms with E-state index in [1.165, 1.54) is 57.8 Å². The van der Waals surface area contributed by atoms with Crippen molar-refractivity contribution in [3.8, 4) is 0 Å². The Morgan fingerprint density at radius 2 is 1.74 bits per heavy atom. The third kappa shape index (κ3) is 5.43. The van der Waals surface area contributed by atoms with Gasteiger partial charge in [0.2, 0.25) is 0 Å². The lowest BCUT2D eigenvalue weighted by molar-refractivity contribution is -0.0579. The molecule has 0 aromatic carbocycles. The van der Waals surface area contributed by atoms with E-state index in [1.807, 2.05) is 0 Å². The molecule has 2 nitrogen and oxygen atoms in total. The van der Waals surface area contributed by atoms with Crippen LogP contribution in [-0.2, 0) is 4.74 Å². The second-order valence-corrected chi connectivity index (χ2v) is 6.73. The lowest BCUT2D eigenvalue weighted by Crippen LogP contribution is -2.30. The van der Waals surface area contributed by atoms with Gasteiger partial charge >= 0.3 is 0 Å². The summed E-state index contributed by atoms with van der Waals surface area (Å²) in [7, 11) is 0. The first-order valence-corrected chi connectivity index (χ1v) is 8.61. The van der Waals surface area contributed by atoms with Crippen LogP contribution in [0, 0.1) is 5.92 Å². The summed E-state index contributed by atoms with van der Waals surface area (Å²) >= 11 is 0. The van der Waals surface area contributed by atoms with Gasteiger partial charge in [-0.1, -0.05) is 45.4 Å². The van der Waals surface area contributed by atoms with Crippen LogP contribution in [0.25, 0.3) is 0 Å². The summed E-state index contributed by atoms with van der Waals surface area (Å²) < 4.78 is 6.32. The number of aliphatic hydroxyl groups excluding tert-OH is 1. The zero-order valence-corrected chi connectivity index (χ0v) is 12.7. The summed E-state index contributed by atoms with van der Waals surface area (Å²) in [6.07, 6.45) is 15.7. The van der Waals surface area contributed by atoms with Gasteiger partial charge in [-0.3, -0.25) is 0 Å². The van der Waals surface area contributed by atoms with Gasteiger partial charge in [0.25, 0.3) is 0 Å². The fourth-order valence-corrected chi connectivity index (χ4v) is 3.89. The first-order chi connectivity index (χ1) is 9.28. The Balaban J connectivity index is 1.70. The van der Waals surface area contributed by atoms with Crippen LogP contribution in [0.1, 0.15) is 84.0 Å². The zero-order valence-electron chi connectivity index (χ0n) is 12.7. The second kappa shape index (κ2) is 8.26. The predicted molar refractivity (Wildman–Crippen MR) is 79.2 cm³/mol. The molecule has 0 bridgehead atoms. The van der Waals surface area contributed by atoms with Gasteiger partial charge in [0.1, 0.15) is 0 Å². The van der Waals surface area contributed by atoms with Crippen LogP contribution >= 0.6 is 0 Å². The highest BCUT2D eigenvalue weighted by Gasteiger charge is 2.26.